The van der Waals surface area contributed by atoms with Crippen molar-refractivity contribution in [1.29, 1.82) is 0 Å². The SMILES string of the molecule is COc1ccc(NC(=O)CNC(=O)C(=O)Nc2ccccc2)cc1. The van der Waals surface area contributed by atoms with E-state index in [-0.39, 0.29) is 6.54 Å². The average molecular weight is 327 g/mol. The molecule has 7 nitrogen and oxygen atoms in total. The zero-order valence-electron chi connectivity index (χ0n) is 13.0. The summed E-state index contributed by atoms with van der Waals surface area (Å²) in [5.41, 5.74) is 1.06. The number of rotatable bonds is 5. The third kappa shape index (κ3) is 5.13. The molecule has 3 amide bonds. The van der Waals surface area contributed by atoms with Gasteiger partial charge in [-0.1, -0.05) is 18.2 Å². The third-order valence-electron chi connectivity index (χ3n) is 3.02. The Hall–Kier alpha value is -3.35. The number of carbonyl (C=O) groups excluding carboxylic acids is 3. The monoisotopic (exact) mass is 327 g/mol. The van der Waals surface area contributed by atoms with Crippen molar-refractivity contribution in [2.24, 2.45) is 0 Å². The van der Waals surface area contributed by atoms with Gasteiger partial charge in [-0.15, -0.1) is 0 Å². The van der Waals surface area contributed by atoms with Crippen LogP contribution in [0.25, 0.3) is 0 Å². The van der Waals surface area contributed by atoms with Crippen molar-refractivity contribution in [2.75, 3.05) is 24.3 Å². The lowest BCUT2D eigenvalue weighted by Crippen LogP contribution is -2.39. The van der Waals surface area contributed by atoms with Gasteiger partial charge in [0.1, 0.15) is 5.75 Å². The molecule has 24 heavy (non-hydrogen) atoms. The third-order valence-corrected chi connectivity index (χ3v) is 3.02. The average Bonchev–Trinajstić information content (AvgIpc) is 2.61. The first-order valence-corrected chi connectivity index (χ1v) is 7.16. The Bertz CT molecular complexity index is 714. The number of amides is 3. The molecule has 0 unspecified atom stereocenters. The van der Waals surface area contributed by atoms with E-state index in [1.165, 1.54) is 0 Å². The molecule has 0 heterocycles. The second-order valence-electron chi connectivity index (χ2n) is 4.78. The lowest BCUT2D eigenvalue weighted by atomic mass is 10.3. The lowest BCUT2D eigenvalue weighted by Gasteiger charge is -2.08. The Kier molecular flexibility index (Phi) is 5.90. The van der Waals surface area contributed by atoms with Crippen molar-refractivity contribution in [3.8, 4) is 5.75 Å². The van der Waals surface area contributed by atoms with Gasteiger partial charge >= 0.3 is 11.8 Å². The number of hydrogen-bond acceptors (Lipinski definition) is 4. The van der Waals surface area contributed by atoms with Crippen LogP contribution in [0, 0.1) is 0 Å². The van der Waals surface area contributed by atoms with Gasteiger partial charge in [0.15, 0.2) is 0 Å². The quantitative estimate of drug-likeness (QED) is 0.723. The molecule has 0 aliphatic heterocycles. The van der Waals surface area contributed by atoms with E-state index in [2.05, 4.69) is 16.0 Å². The molecule has 0 aromatic heterocycles. The highest BCUT2D eigenvalue weighted by Gasteiger charge is 2.14. The minimum atomic E-state index is -0.885. The molecule has 2 aromatic rings. The van der Waals surface area contributed by atoms with E-state index >= 15 is 0 Å². The van der Waals surface area contributed by atoms with Crippen molar-refractivity contribution in [2.45, 2.75) is 0 Å². The molecule has 0 saturated carbocycles. The van der Waals surface area contributed by atoms with E-state index in [0.717, 1.165) is 0 Å². The second-order valence-corrected chi connectivity index (χ2v) is 4.78. The van der Waals surface area contributed by atoms with Crippen LogP contribution in [-0.2, 0) is 14.4 Å². The summed E-state index contributed by atoms with van der Waals surface area (Å²) in [7, 11) is 1.55. The number of hydrogen-bond donors (Lipinski definition) is 3. The summed E-state index contributed by atoms with van der Waals surface area (Å²) in [5, 5.41) is 7.29. The van der Waals surface area contributed by atoms with E-state index in [0.29, 0.717) is 17.1 Å². The fourth-order valence-electron chi connectivity index (χ4n) is 1.83. The number of methoxy groups -OCH3 is 1. The van der Waals surface area contributed by atoms with Crippen LogP contribution in [0.2, 0.25) is 0 Å². The number of para-hydroxylation sites is 1. The molecule has 3 N–H and O–H groups in total. The van der Waals surface area contributed by atoms with Gasteiger partial charge in [0.05, 0.1) is 13.7 Å². The van der Waals surface area contributed by atoms with Gasteiger partial charge in [0.2, 0.25) is 5.91 Å². The molecule has 124 valence electrons. The van der Waals surface area contributed by atoms with Crippen LogP contribution >= 0.6 is 0 Å². The minimum Gasteiger partial charge on any atom is -0.497 e. The van der Waals surface area contributed by atoms with E-state index in [4.69, 9.17) is 4.74 Å². The van der Waals surface area contributed by atoms with Crippen LogP contribution in [0.3, 0.4) is 0 Å². The Morgan fingerprint density at radius 3 is 2.08 bits per heavy atom. The van der Waals surface area contributed by atoms with Gasteiger partial charge in [-0.3, -0.25) is 14.4 Å². The van der Waals surface area contributed by atoms with Crippen molar-refractivity contribution in [3.05, 3.63) is 54.6 Å². The number of anilines is 2. The lowest BCUT2D eigenvalue weighted by molar-refractivity contribution is -0.136. The minimum absolute atomic E-state index is 0.312. The fraction of sp³-hybridized carbons (Fsp3) is 0.118. The van der Waals surface area contributed by atoms with Gasteiger partial charge in [-0.05, 0) is 36.4 Å². The van der Waals surface area contributed by atoms with Gasteiger partial charge in [-0.25, -0.2) is 0 Å². The fourth-order valence-corrected chi connectivity index (χ4v) is 1.83. The van der Waals surface area contributed by atoms with Crippen LogP contribution in [0.1, 0.15) is 0 Å². The maximum Gasteiger partial charge on any atom is 0.313 e. The van der Waals surface area contributed by atoms with Gasteiger partial charge in [0, 0.05) is 11.4 Å². The molecule has 0 aliphatic rings. The molecule has 2 rings (SSSR count). The summed E-state index contributed by atoms with van der Waals surface area (Å²) in [4.78, 5) is 35.1. The van der Waals surface area contributed by atoms with E-state index < -0.39 is 17.7 Å². The number of carbonyl (C=O) groups is 3. The van der Waals surface area contributed by atoms with Gasteiger partial charge in [0.25, 0.3) is 0 Å². The summed E-state index contributed by atoms with van der Waals surface area (Å²) in [6.45, 7) is -0.312. The largest absolute Gasteiger partial charge is 0.497 e. The molecule has 0 spiro atoms. The highest BCUT2D eigenvalue weighted by Crippen LogP contribution is 2.14. The normalized spacial score (nSPS) is 9.71. The van der Waals surface area contributed by atoms with Crippen molar-refractivity contribution in [3.63, 3.8) is 0 Å². The van der Waals surface area contributed by atoms with Gasteiger partial charge in [-0.2, -0.15) is 0 Å². The smallest absolute Gasteiger partial charge is 0.313 e. The number of benzene rings is 2. The summed E-state index contributed by atoms with van der Waals surface area (Å²) in [6.07, 6.45) is 0. The Balaban J connectivity index is 1.77. The predicted octanol–water partition coefficient (Wildman–Crippen LogP) is 1.39. The molecule has 0 atom stereocenters. The zero-order chi connectivity index (χ0) is 17.4. The van der Waals surface area contributed by atoms with Crippen LogP contribution in [0.5, 0.6) is 5.75 Å². The molecule has 7 heteroatoms. The highest BCUT2D eigenvalue weighted by atomic mass is 16.5. The van der Waals surface area contributed by atoms with E-state index in [9.17, 15) is 14.4 Å². The number of ether oxygens (including phenoxy) is 1. The molecule has 0 bridgehead atoms. The molecule has 0 saturated heterocycles. The first-order valence-electron chi connectivity index (χ1n) is 7.16. The van der Waals surface area contributed by atoms with Crippen LogP contribution in [-0.4, -0.2) is 31.4 Å². The standard InChI is InChI=1S/C17H17N3O4/c1-24-14-9-7-13(8-10-14)19-15(21)11-18-16(22)17(23)20-12-5-3-2-4-6-12/h2-10H,11H2,1H3,(H,18,22)(H,19,21)(H,20,23). The number of nitrogens with one attached hydrogen (secondary N) is 3. The molecule has 0 aliphatic carbocycles. The van der Waals surface area contributed by atoms with Crippen LogP contribution in [0.15, 0.2) is 54.6 Å². The topological polar surface area (TPSA) is 96.5 Å². The maximum absolute atomic E-state index is 11.8. The summed E-state index contributed by atoms with van der Waals surface area (Å²) >= 11 is 0. The van der Waals surface area contributed by atoms with Crippen molar-refractivity contribution in [1.82, 2.24) is 5.32 Å². The Labute approximate surface area is 139 Å². The molecule has 0 fully saturated rings. The summed E-state index contributed by atoms with van der Waals surface area (Å²) in [5.74, 6) is -1.50. The van der Waals surface area contributed by atoms with Crippen LogP contribution in [0.4, 0.5) is 11.4 Å². The van der Waals surface area contributed by atoms with Crippen molar-refractivity contribution >= 4 is 29.1 Å². The summed E-state index contributed by atoms with van der Waals surface area (Å²) < 4.78 is 5.01. The first kappa shape index (κ1) is 17.0. The van der Waals surface area contributed by atoms with E-state index in [1.54, 1.807) is 61.7 Å². The summed E-state index contributed by atoms with van der Waals surface area (Å²) in [6, 6.07) is 15.3. The van der Waals surface area contributed by atoms with E-state index in [1.807, 2.05) is 0 Å². The Morgan fingerprint density at radius 2 is 1.46 bits per heavy atom. The predicted molar refractivity (Wildman–Crippen MR) is 89.7 cm³/mol. The molecular formula is C17H17N3O4. The highest BCUT2D eigenvalue weighted by molar-refractivity contribution is 6.39. The molecular weight excluding hydrogens is 310 g/mol. The van der Waals surface area contributed by atoms with Crippen molar-refractivity contribution < 1.29 is 19.1 Å². The molecule has 2 aromatic carbocycles. The molecule has 0 radical (unpaired) electrons. The Morgan fingerprint density at radius 1 is 0.833 bits per heavy atom. The second kappa shape index (κ2) is 8.33. The first-order chi connectivity index (χ1) is 11.6. The van der Waals surface area contributed by atoms with Gasteiger partial charge < -0.3 is 20.7 Å². The zero-order valence-corrected chi connectivity index (χ0v) is 13.0. The maximum atomic E-state index is 11.8. The van der Waals surface area contributed by atoms with Crippen LogP contribution < -0.4 is 20.7 Å².